The zero-order valence-corrected chi connectivity index (χ0v) is 7.37. The average molecular weight is 171 g/mol. The van der Waals surface area contributed by atoms with Crippen molar-refractivity contribution in [3.8, 4) is 0 Å². The van der Waals surface area contributed by atoms with Gasteiger partial charge in [-0.3, -0.25) is 9.59 Å². The third kappa shape index (κ3) is 1.75. The fraction of sp³-hybridized carbons (Fsp3) is 0.750. The number of hydrogen-bond acceptors (Lipinski definition) is 3. The SMILES string of the molecule is CCOC(=O)[C@H]1CC(=O)N(C)C1. The Morgan fingerprint density at radius 2 is 2.42 bits per heavy atom. The molecule has 12 heavy (non-hydrogen) atoms. The lowest BCUT2D eigenvalue weighted by molar-refractivity contribution is -0.147. The molecule has 0 aromatic rings. The van der Waals surface area contributed by atoms with Gasteiger partial charge < -0.3 is 9.64 Å². The van der Waals surface area contributed by atoms with Crippen LogP contribution in [0.5, 0.6) is 0 Å². The van der Waals surface area contributed by atoms with Gasteiger partial charge in [-0.05, 0) is 6.92 Å². The Balaban J connectivity index is 2.46. The van der Waals surface area contributed by atoms with E-state index in [2.05, 4.69) is 0 Å². The van der Waals surface area contributed by atoms with Gasteiger partial charge in [0.05, 0.1) is 12.5 Å². The van der Waals surface area contributed by atoms with Crippen LogP contribution >= 0.6 is 0 Å². The minimum atomic E-state index is -0.254. The Labute approximate surface area is 71.5 Å². The molecule has 1 saturated heterocycles. The zero-order valence-electron chi connectivity index (χ0n) is 7.37. The summed E-state index contributed by atoms with van der Waals surface area (Å²) in [5.41, 5.74) is 0. The molecular formula is C8H13NO3. The van der Waals surface area contributed by atoms with Crippen molar-refractivity contribution in [2.45, 2.75) is 13.3 Å². The molecule has 0 unspecified atom stereocenters. The lowest BCUT2D eigenvalue weighted by atomic mass is 10.1. The molecular weight excluding hydrogens is 158 g/mol. The van der Waals surface area contributed by atoms with E-state index in [4.69, 9.17) is 4.74 Å². The first kappa shape index (κ1) is 9.03. The van der Waals surface area contributed by atoms with Gasteiger partial charge in [-0.15, -0.1) is 0 Å². The summed E-state index contributed by atoms with van der Waals surface area (Å²) in [7, 11) is 1.70. The first-order chi connectivity index (χ1) is 5.65. The molecule has 1 heterocycles. The number of likely N-dealkylation sites (tertiary alicyclic amines) is 1. The standard InChI is InChI=1S/C8H13NO3/c1-3-12-8(11)6-4-7(10)9(2)5-6/h6H,3-5H2,1-2H3/t6-/m0/s1. The van der Waals surface area contributed by atoms with Crippen molar-refractivity contribution in [1.29, 1.82) is 0 Å². The van der Waals surface area contributed by atoms with E-state index >= 15 is 0 Å². The van der Waals surface area contributed by atoms with Gasteiger partial charge in [-0.25, -0.2) is 0 Å². The molecule has 0 aliphatic carbocycles. The summed E-state index contributed by atoms with van der Waals surface area (Å²) < 4.78 is 4.80. The van der Waals surface area contributed by atoms with Crippen LogP contribution in [0.15, 0.2) is 0 Å². The van der Waals surface area contributed by atoms with Crippen LogP contribution in [0, 0.1) is 5.92 Å². The van der Waals surface area contributed by atoms with E-state index < -0.39 is 0 Å². The summed E-state index contributed by atoms with van der Waals surface area (Å²) in [6, 6.07) is 0. The number of esters is 1. The van der Waals surface area contributed by atoms with E-state index in [0.717, 1.165) is 0 Å². The molecule has 0 spiro atoms. The second-order valence-electron chi connectivity index (χ2n) is 2.93. The number of rotatable bonds is 2. The van der Waals surface area contributed by atoms with Gasteiger partial charge in [0.2, 0.25) is 5.91 Å². The second-order valence-corrected chi connectivity index (χ2v) is 2.93. The highest BCUT2D eigenvalue weighted by Gasteiger charge is 2.32. The quantitative estimate of drug-likeness (QED) is 0.550. The maximum atomic E-state index is 11.1. The molecule has 0 aromatic heterocycles. The van der Waals surface area contributed by atoms with Gasteiger partial charge in [0.1, 0.15) is 0 Å². The maximum Gasteiger partial charge on any atom is 0.311 e. The Hall–Kier alpha value is -1.06. The first-order valence-electron chi connectivity index (χ1n) is 4.05. The minimum Gasteiger partial charge on any atom is -0.466 e. The van der Waals surface area contributed by atoms with Crippen molar-refractivity contribution in [2.75, 3.05) is 20.2 Å². The largest absolute Gasteiger partial charge is 0.466 e. The summed E-state index contributed by atoms with van der Waals surface area (Å²) in [5, 5.41) is 0. The molecule has 0 saturated carbocycles. The van der Waals surface area contributed by atoms with Crippen LogP contribution in [-0.4, -0.2) is 37.0 Å². The molecule has 0 N–H and O–H groups in total. The third-order valence-corrected chi connectivity index (χ3v) is 1.96. The van der Waals surface area contributed by atoms with Crippen molar-refractivity contribution >= 4 is 11.9 Å². The predicted octanol–water partition coefficient (Wildman–Crippen LogP) is 0.0278. The number of carbonyl (C=O) groups excluding carboxylic acids is 2. The predicted molar refractivity (Wildman–Crippen MR) is 42.4 cm³/mol. The number of carbonyl (C=O) groups is 2. The van der Waals surface area contributed by atoms with E-state index in [-0.39, 0.29) is 17.8 Å². The summed E-state index contributed by atoms with van der Waals surface area (Å²) in [6.45, 7) is 2.64. The smallest absolute Gasteiger partial charge is 0.311 e. The van der Waals surface area contributed by atoms with Crippen molar-refractivity contribution < 1.29 is 14.3 Å². The van der Waals surface area contributed by atoms with Crippen LogP contribution in [0.25, 0.3) is 0 Å². The summed E-state index contributed by atoms with van der Waals surface area (Å²) in [6.07, 6.45) is 0.301. The van der Waals surface area contributed by atoms with Crippen LogP contribution in [-0.2, 0) is 14.3 Å². The fourth-order valence-electron chi connectivity index (χ4n) is 1.28. The summed E-state index contributed by atoms with van der Waals surface area (Å²) >= 11 is 0. The molecule has 0 aromatic carbocycles. The van der Waals surface area contributed by atoms with E-state index in [9.17, 15) is 9.59 Å². The normalized spacial score (nSPS) is 23.0. The Bertz CT molecular complexity index is 202. The average Bonchev–Trinajstić information content (AvgIpc) is 2.33. The van der Waals surface area contributed by atoms with Crippen LogP contribution < -0.4 is 0 Å². The van der Waals surface area contributed by atoms with Gasteiger partial charge >= 0.3 is 5.97 Å². The second kappa shape index (κ2) is 3.56. The van der Waals surface area contributed by atoms with Crippen LogP contribution in [0.1, 0.15) is 13.3 Å². The number of ether oxygens (including phenoxy) is 1. The third-order valence-electron chi connectivity index (χ3n) is 1.96. The zero-order chi connectivity index (χ0) is 9.14. The highest BCUT2D eigenvalue weighted by molar-refractivity contribution is 5.86. The molecule has 4 heteroatoms. The van der Waals surface area contributed by atoms with Crippen LogP contribution in [0.3, 0.4) is 0 Å². The molecule has 1 amide bonds. The maximum absolute atomic E-state index is 11.1. The van der Waals surface area contributed by atoms with E-state index in [0.29, 0.717) is 19.6 Å². The molecule has 1 atom stereocenters. The first-order valence-corrected chi connectivity index (χ1v) is 4.05. The van der Waals surface area contributed by atoms with Crippen LogP contribution in [0.2, 0.25) is 0 Å². The Morgan fingerprint density at radius 1 is 1.75 bits per heavy atom. The minimum absolute atomic E-state index is 0.0213. The van der Waals surface area contributed by atoms with Crippen molar-refractivity contribution in [3.63, 3.8) is 0 Å². The topological polar surface area (TPSA) is 46.6 Å². The van der Waals surface area contributed by atoms with Gasteiger partial charge in [0, 0.05) is 20.0 Å². The molecule has 0 radical (unpaired) electrons. The Kier molecular flexibility index (Phi) is 2.68. The van der Waals surface area contributed by atoms with Gasteiger partial charge in [-0.2, -0.15) is 0 Å². The lowest BCUT2D eigenvalue weighted by Gasteiger charge is -2.08. The fourth-order valence-corrected chi connectivity index (χ4v) is 1.28. The molecule has 4 nitrogen and oxygen atoms in total. The Morgan fingerprint density at radius 3 is 2.83 bits per heavy atom. The monoisotopic (exact) mass is 171 g/mol. The highest BCUT2D eigenvalue weighted by Crippen LogP contribution is 2.16. The van der Waals surface area contributed by atoms with E-state index in [1.165, 1.54) is 0 Å². The molecule has 0 bridgehead atoms. The molecule has 1 aliphatic heterocycles. The summed E-state index contributed by atoms with van der Waals surface area (Å²) in [4.78, 5) is 23.7. The highest BCUT2D eigenvalue weighted by atomic mass is 16.5. The van der Waals surface area contributed by atoms with E-state index in [1.807, 2.05) is 0 Å². The van der Waals surface area contributed by atoms with Gasteiger partial charge in [-0.1, -0.05) is 0 Å². The molecule has 1 fully saturated rings. The molecule has 1 aliphatic rings. The van der Waals surface area contributed by atoms with Gasteiger partial charge in [0.15, 0.2) is 0 Å². The van der Waals surface area contributed by atoms with Crippen molar-refractivity contribution in [1.82, 2.24) is 4.90 Å². The number of amides is 1. The molecule has 1 rings (SSSR count). The van der Waals surface area contributed by atoms with Crippen molar-refractivity contribution in [3.05, 3.63) is 0 Å². The lowest BCUT2D eigenvalue weighted by Crippen LogP contribution is -2.22. The van der Waals surface area contributed by atoms with Crippen LogP contribution in [0.4, 0.5) is 0 Å². The number of nitrogens with zero attached hydrogens (tertiary/aromatic N) is 1. The van der Waals surface area contributed by atoms with Crippen molar-refractivity contribution in [2.24, 2.45) is 5.92 Å². The molecule has 68 valence electrons. The van der Waals surface area contributed by atoms with Gasteiger partial charge in [0.25, 0.3) is 0 Å². The summed E-state index contributed by atoms with van der Waals surface area (Å²) in [5.74, 6) is -0.481. The van der Waals surface area contributed by atoms with E-state index in [1.54, 1.807) is 18.9 Å². The number of hydrogen-bond donors (Lipinski definition) is 0.